The van der Waals surface area contributed by atoms with Crippen LogP contribution in [0.3, 0.4) is 0 Å². The molecule has 29 heavy (non-hydrogen) atoms. The number of allylic oxidation sites excluding steroid dienone is 2. The lowest BCUT2D eigenvalue weighted by molar-refractivity contribution is -0.0919. The average molecular weight is 408 g/mol. The summed E-state index contributed by atoms with van der Waals surface area (Å²) in [6, 6.07) is 7.60. The summed E-state index contributed by atoms with van der Waals surface area (Å²) in [5.41, 5.74) is 3.40. The van der Waals surface area contributed by atoms with E-state index in [-0.39, 0.29) is 23.2 Å². The Morgan fingerprint density at radius 2 is 1.93 bits per heavy atom. The monoisotopic (exact) mass is 408 g/mol. The maximum absolute atomic E-state index is 13.1. The SMILES string of the molecule is N=C/C(=C(\N)C(F)(F)F)c1cc(Nc2ccccc2O)nc(N2CCOCC2)n1. The molecule has 0 spiro atoms. The molecule has 3 rings (SSSR count). The summed E-state index contributed by atoms with van der Waals surface area (Å²) in [6.45, 7) is 1.76. The largest absolute Gasteiger partial charge is 0.506 e. The molecular formula is C18H19F3N6O2. The first kappa shape index (κ1) is 20.4. The standard InChI is InChI=1S/C18H19F3N6O2/c19-18(20,21)16(23)11(10-22)13-9-15(24-12-3-1-2-4-14(12)28)26-17(25-13)27-5-7-29-8-6-27/h1-4,9-10,22,28H,5-8,23H2,(H,24,25,26)/b16-11+,22-10?. The average Bonchev–Trinajstić information content (AvgIpc) is 2.70. The Hall–Kier alpha value is -3.34. The van der Waals surface area contributed by atoms with E-state index in [1.165, 1.54) is 12.1 Å². The van der Waals surface area contributed by atoms with Gasteiger partial charge in [0.15, 0.2) is 0 Å². The summed E-state index contributed by atoms with van der Waals surface area (Å²) in [5.74, 6) is 0.253. The Labute approximate surface area is 164 Å². The normalized spacial score (nSPS) is 15.6. The van der Waals surface area contributed by atoms with Crippen LogP contribution in [0.25, 0.3) is 5.57 Å². The van der Waals surface area contributed by atoms with Crippen molar-refractivity contribution in [3.63, 3.8) is 0 Å². The van der Waals surface area contributed by atoms with Crippen LogP contribution in [-0.2, 0) is 4.74 Å². The molecule has 0 saturated carbocycles. The van der Waals surface area contributed by atoms with Gasteiger partial charge in [-0.25, -0.2) is 4.98 Å². The Morgan fingerprint density at radius 1 is 1.24 bits per heavy atom. The first-order valence-electron chi connectivity index (χ1n) is 8.64. The third-order valence-corrected chi connectivity index (χ3v) is 4.19. The van der Waals surface area contributed by atoms with Gasteiger partial charge in [0.05, 0.1) is 24.6 Å². The minimum atomic E-state index is -4.82. The van der Waals surface area contributed by atoms with E-state index in [0.717, 1.165) is 0 Å². The van der Waals surface area contributed by atoms with Crippen LogP contribution >= 0.6 is 0 Å². The van der Waals surface area contributed by atoms with Gasteiger partial charge in [-0.15, -0.1) is 0 Å². The van der Waals surface area contributed by atoms with Gasteiger partial charge in [-0.2, -0.15) is 18.2 Å². The molecule has 0 atom stereocenters. The molecule has 0 radical (unpaired) electrons. The minimum Gasteiger partial charge on any atom is -0.506 e. The molecule has 2 aromatic rings. The third kappa shape index (κ3) is 4.74. The molecule has 1 fully saturated rings. The van der Waals surface area contributed by atoms with Crippen molar-refractivity contribution in [2.24, 2.45) is 5.73 Å². The molecule has 0 amide bonds. The predicted molar refractivity (Wildman–Crippen MR) is 102 cm³/mol. The number of alkyl halides is 3. The number of phenols is 1. The van der Waals surface area contributed by atoms with Crippen molar-refractivity contribution in [2.45, 2.75) is 6.18 Å². The maximum Gasteiger partial charge on any atom is 0.431 e. The molecule has 1 aromatic heterocycles. The van der Waals surface area contributed by atoms with Gasteiger partial charge in [0.25, 0.3) is 0 Å². The second-order valence-electron chi connectivity index (χ2n) is 6.15. The number of ether oxygens (including phenoxy) is 1. The first-order valence-corrected chi connectivity index (χ1v) is 8.64. The second kappa shape index (κ2) is 8.35. The van der Waals surface area contributed by atoms with Crippen LogP contribution in [0, 0.1) is 5.41 Å². The van der Waals surface area contributed by atoms with Crippen LogP contribution in [0.1, 0.15) is 5.69 Å². The van der Waals surface area contributed by atoms with Crippen molar-refractivity contribution in [1.82, 2.24) is 9.97 Å². The molecule has 0 bridgehead atoms. The number of halogens is 3. The highest BCUT2D eigenvalue weighted by atomic mass is 19.4. The number of nitrogens with zero attached hydrogens (tertiary/aromatic N) is 3. The number of phenolic OH excluding ortho intramolecular Hbond substituents is 1. The number of morpholine rings is 1. The molecule has 1 aliphatic heterocycles. The van der Waals surface area contributed by atoms with Crippen LogP contribution in [0.2, 0.25) is 0 Å². The van der Waals surface area contributed by atoms with Gasteiger partial charge in [-0.05, 0) is 12.1 Å². The van der Waals surface area contributed by atoms with Crippen LogP contribution < -0.4 is 16.0 Å². The fraction of sp³-hybridized carbons (Fsp3) is 0.278. The number of benzene rings is 1. The topological polar surface area (TPSA) is 120 Å². The highest BCUT2D eigenvalue weighted by Gasteiger charge is 2.35. The van der Waals surface area contributed by atoms with Crippen molar-refractivity contribution in [3.05, 3.63) is 41.7 Å². The molecular weight excluding hydrogens is 389 g/mol. The van der Waals surface area contributed by atoms with E-state index in [0.29, 0.717) is 38.2 Å². The molecule has 1 aliphatic rings. The number of nitrogens with one attached hydrogen (secondary N) is 2. The predicted octanol–water partition coefficient (Wildman–Crippen LogP) is 2.64. The number of hydrogen-bond acceptors (Lipinski definition) is 8. The van der Waals surface area contributed by atoms with Gasteiger partial charge >= 0.3 is 6.18 Å². The zero-order valence-electron chi connectivity index (χ0n) is 15.2. The summed E-state index contributed by atoms with van der Waals surface area (Å²) >= 11 is 0. The van der Waals surface area contributed by atoms with Crippen molar-refractivity contribution >= 4 is 29.2 Å². The summed E-state index contributed by atoms with van der Waals surface area (Å²) in [5, 5.41) is 20.3. The molecule has 11 heteroatoms. The molecule has 2 heterocycles. The molecule has 8 nitrogen and oxygen atoms in total. The molecule has 0 aliphatic carbocycles. The third-order valence-electron chi connectivity index (χ3n) is 4.19. The first-order chi connectivity index (χ1) is 13.8. The van der Waals surface area contributed by atoms with Crippen LogP contribution in [0.5, 0.6) is 5.75 Å². The number of nitrogens with two attached hydrogens (primary N) is 1. The smallest absolute Gasteiger partial charge is 0.431 e. The highest BCUT2D eigenvalue weighted by Crippen LogP contribution is 2.31. The molecule has 154 valence electrons. The van der Waals surface area contributed by atoms with Crippen molar-refractivity contribution in [2.75, 3.05) is 36.5 Å². The molecule has 1 saturated heterocycles. The summed E-state index contributed by atoms with van der Waals surface area (Å²) in [6.07, 6.45) is -4.31. The molecule has 1 aromatic carbocycles. The highest BCUT2D eigenvalue weighted by molar-refractivity contribution is 6.09. The van der Waals surface area contributed by atoms with Gasteiger partial charge in [0.2, 0.25) is 5.95 Å². The summed E-state index contributed by atoms with van der Waals surface area (Å²) in [4.78, 5) is 10.3. The summed E-state index contributed by atoms with van der Waals surface area (Å²) in [7, 11) is 0. The van der Waals surface area contributed by atoms with Gasteiger partial charge in [-0.3, -0.25) is 0 Å². The summed E-state index contributed by atoms with van der Waals surface area (Å²) < 4.78 is 44.7. The van der Waals surface area contributed by atoms with Gasteiger partial charge < -0.3 is 31.2 Å². The maximum atomic E-state index is 13.1. The van der Waals surface area contributed by atoms with E-state index in [2.05, 4.69) is 15.3 Å². The Balaban J connectivity index is 2.09. The lowest BCUT2D eigenvalue weighted by atomic mass is 10.1. The van der Waals surface area contributed by atoms with Crippen LogP contribution in [0.4, 0.5) is 30.6 Å². The van der Waals surface area contributed by atoms with Crippen molar-refractivity contribution in [1.29, 1.82) is 5.41 Å². The second-order valence-corrected chi connectivity index (χ2v) is 6.15. The number of hydrogen-bond donors (Lipinski definition) is 4. The zero-order chi connectivity index (χ0) is 21.0. The number of anilines is 3. The quantitative estimate of drug-likeness (QED) is 0.443. The Kier molecular flexibility index (Phi) is 5.87. The minimum absolute atomic E-state index is 0.0572. The van der Waals surface area contributed by atoms with E-state index in [9.17, 15) is 18.3 Å². The van der Waals surface area contributed by atoms with Crippen LogP contribution in [-0.4, -0.2) is 53.8 Å². The fourth-order valence-electron chi connectivity index (χ4n) is 2.70. The number of aromatic hydroxyl groups is 1. The molecule has 5 N–H and O–H groups in total. The van der Waals surface area contributed by atoms with E-state index in [4.69, 9.17) is 15.9 Å². The number of aromatic nitrogens is 2. The molecule has 0 unspecified atom stereocenters. The van der Waals surface area contributed by atoms with E-state index >= 15 is 0 Å². The van der Waals surface area contributed by atoms with E-state index in [1.807, 2.05) is 0 Å². The van der Waals surface area contributed by atoms with Crippen LogP contribution in [0.15, 0.2) is 36.0 Å². The van der Waals surface area contributed by atoms with E-state index in [1.54, 1.807) is 23.1 Å². The lowest BCUT2D eigenvalue weighted by Gasteiger charge is -2.27. The zero-order valence-corrected chi connectivity index (χ0v) is 15.2. The fourth-order valence-corrected chi connectivity index (χ4v) is 2.70. The Bertz CT molecular complexity index is 926. The van der Waals surface area contributed by atoms with Gasteiger partial charge in [-0.1, -0.05) is 12.1 Å². The number of para-hydroxylation sites is 2. The lowest BCUT2D eigenvalue weighted by Crippen LogP contribution is -2.37. The van der Waals surface area contributed by atoms with Gasteiger partial charge in [0.1, 0.15) is 17.3 Å². The van der Waals surface area contributed by atoms with Gasteiger partial charge in [0, 0.05) is 30.9 Å². The van der Waals surface area contributed by atoms with Crippen molar-refractivity contribution < 1.29 is 23.0 Å². The van der Waals surface area contributed by atoms with Crippen molar-refractivity contribution in [3.8, 4) is 5.75 Å². The number of rotatable bonds is 5. The van der Waals surface area contributed by atoms with E-state index < -0.39 is 17.4 Å². The Morgan fingerprint density at radius 3 is 2.55 bits per heavy atom.